The van der Waals surface area contributed by atoms with Crippen LogP contribution in [0.4, 0.5) is 17.1 Å². The molecule has 1 atom stereocenters. The zero-order valence-electron chi connectivity index (χ0n) is 36.6. The highest BCUT2D eigenvalue weighted by Gasteiger charge is 2.42. The van der Waals surface area contributed by atoms with E-state index in [0.717, 1.165) is 17.1 Å². The molecule has 1 heteroatoms. The molecule has 3 aliphatic rings. The highest BCUT2D eigenvalue weighted by Crippen LogP contribution is 2.56. The van der Waals surface area contributed by atoms with Crippen molar-refractivity contribution < 1.29 is 0 Å². The maximum absolute atomic E-state index is 2.47. The van der Waals surface area contributed by atoms with Gasteiger partial charge in [0.2, 0.25) is 0 Å². The number of hydrogen-bond donors (Lipinski definition) is 0. The third-order valence-electron chi connectivity index (χ3n) is 14.9. The van der Waals surface area contributed by atoms with Crippen LogP contribution in [0.15, 0.2) is 206 Å². The Morgan fingerprint density at radius 3 is 1.54 bits per heavy atom. The van der Waals surface area contributed by atoms with Crippen LogP contribution in [0.5, 0.6) is 0 Å². The van der Waals surface area contributed by atoms with Gasteiger partial charge in [0.25, 0.3) is 0 Å². The van der Waals surface area contributed by atoms with Crippen molar-refractivity contribution in [2.24, 2.45) is 0 Å². The summed E-state index contributed by atoms with van der Waals surface area (Å²) >= 11 is 0. The van der Waals surface area contributed by atoms with E-state index in [1.807, 2.05) is 0 Å². The summed E-state index contributed by atoms with van der Waals surface area (Å²) in [5.41, 5.74) is 25.4. The molecule has 9 aromatic carbocycles. The van der Waals surface area contributed by atoms with Crippen LogP contribution in [-0.2, 0) is 16.2 Å². The van der Waals surface area contributed by atoms with Crippen LogP contribution < -0.4 is 4.90 Å². The van der Waals surface area contributed by atoms with Crippen LogP contribution in [0.25, 0.3) is 55.6 Å². The Kier molecular flexibility index (Phi) is 8.13. The molecule has 0 spiro atoms. The molecule has 0 radical (unpaired) electrons. The summed E-state index contributed by atoms with van der Waals surface area (Å²) in [5.74, 6) is 0. The molecular formula is C62H49N. The first-order valence-corrected chi connectivity index (χ1v) is 22.4. The van der Waals surface area contributed by atoms with Crippen molar-refractivity contribution in [3.05, 3.63) is 245 Å². The summed E-state index contributed by atoms with van der Waals surface area (Å²) in [4.78, 5) is 2.47. The summed E-state index contributed by atoms with van der Waals surface area (Å²) in [6.45, 7) is 11.9. The molecule has 302 valence electrons. The van der Waals surface area contributed by atoms with E-state index >= 15 is 0 Å². The van der Waals surface area contributed by atoms with Gasteiger partial charge in [-0.3, -0.25) is 0 Å². The maximum Gasteiger partial charge on any atom is 0.0467 e. The first-order chi connectivity index (χ1) is 30.6. The largest absolute Gasteiger partial charge is 0.310 e. The number of hydrogen-bond acceptors (Lipinski definition) is 1. The molecule has 9 aromatic rings. The predicted molar refractivity (Wildman–Crippen MR) is 265 cm³/mol. The Morgan fingerprint density at radius 2 is 0.794 bits per heavy atom. The number of anilines is 3. The number of benzene rings is 9. The van der Waals surface area contributed by atoms with Gasteiger partial charge < -0.3 is 4.90 Å². The molecule has 3 aliphatic carbocycles. The molecule has 1 unspecified atom stereocenters. The minimum Gasteiger partial charge on any atom is -0.310 e. The van der Waals surface area contributed by atoms with Crippen LogP contribution in [0.1, 0.15) is 73.6 Å². The van der Waals surface area contributed by atoms with E-state index in [-0.39, 0.29) is 16.2 Å². The maximum atomic E-state index is 2.47. The topological polar surface area (TPSA) is 3.24 Å². The van der Waals surface area contributed by atoms with E-state index < -0.39 is 0 Å². The van der Waals surface area contributed by atoms with Crippen LogP contribution in [0.3, 0.4) is 0 Å². The lowest BCUT2D eigenvalue weighted by Crippen LogP contribution is -2.22. The van der Waals surface area contributed by atoms with Gasteiger partial charge in [0.15, 0.2) is 0 Å². The highest BCUT2D eigenvalue weighted by molar-refractivity contribution is 5.92. The molecule has 0 aliphatic heterocycles. The molecule has 0 bridgehead atoms. The summed E-state index contributed by atoms with van der Waals surface area (Å²) in [6, 6.07) is 77.3. The van der Waals surface area contributed by atoms with Crippen LogP contribution >= 0.6 is 0 Å². The summed E-state index contributed by atoms with van der Waals surface area (Å²) < 4.78 is 0. The van der Waals surface area contributed by atoms with Crippen LogP contribution in [-0.4, -0.2) is 0 Å². The van der Waals surface area contributed by atoms with Crippen molar-refractivity contribution in [1.82, 2.24) is 0 Å². The normalized spacial score (nSPS) is 16.7. The van der Waals surface area contributed by atoms with Crippen molar-refractivity contribution in [2.45, 2.75) is 50.9 Å². The van der Waals surface area contributed by atoms with Crippen molar-refractivity contribution in [2.75, 3.05) is 4.90 Å². The van der Waals surface area contributed by atoms with E-state index in [0.29, 0.717) is 0 Å². The monoisotopic (exact) mass is 807 g/mol. The molecule has 0 N–H and O–H groups in total. The summed E-state index contributed by atoms with van der Waals surface area (Å²) in [7, 11) is 0. The zero-order valence-corrected chi connectivity index (χ0v) is 36.6. The minimum absolute atomic E-state index is 0.0535. The summed E-state index contributed by atoms with van der Waals surface area (Å²) in [6.07, 6.45) is 0. The molecule has 0 saturated heterocycles. The molecule has 0 fully saturated rings. The van der Waals surface area contributed by atoms with E-state index in [1.54, 1.807) is 0 Å². The Labute approximate surface area is 372 Å². The van der Waals surface area contributed by atoms with E-state index in [1.165, 1.54) is 94.6 Å². The standard InChI is InChI=1S/C62H49N/c1-60(2)54-26-12-9-21-48(54)51-35-31-41(38-57(51)60)40-29-32-44(33-30-40)63(46-34-36-52-49-22-11-14-28-56(49)62(5,58(52)39-46)43-18-7-6-8-19-43)45-20-15-17-42(37-45)47-24-16-25-53-50-23-10-13-27-55(50)61(3,4)59(47)53/h6-39H,1-5H3. The number of rotatable bonds is 6. The van der Waals surface area contributed by atoms with Gasteiger partial charge in [-0.25, -0.2) is 0 Å². The molecule has 0 saturated carbocycles. The third kappa shape index (κ3) is 5.42. The molecule has 0 amide bonds. The molecular weight excluding hydrogens is 759 g/mol. The van der Waals surface area contributed by atoms with Gasteiger partial charge in [-0.1, -0.05) is 191 Å². The molecule has 1 nitrogen and oxygen atoms in total. The zero-order chi connectivity index (χ0) is 42.7. The first-order valence-electron chi connectivity index (χ1n) is 22.4. The quantitative estimate of drug-likeness (QED) is 0.162. The Balaban J connectivity index is 1.01. The molecule has 0 aromatic heterocycles. The van der Waals surface area contributed by atoms with Crippen molar-refractivity contribution in [3.63, 3.8) is 0 Å². The second-order valence-corrected chi connectivity index (χ2v) is 19.0. The van der Waals surface area contributed by atoms with Gasteiger partial charge in [-0.15, -0.1) is 0 Å². The third-order valence-corrected chi connectivity index (χ3v) is 14.9. The fourth-order valence-electron chi connectivity index (χ4n) is 11.7. The first kappa shape index (κ1) is 37.5. The lowest BCUT2D eigenvalue weighted by Gasteiger charge is -2.31. The lowest BCUT2D eigenvalue weighted by atomic mass is 9.74. The lowest BCUT2D eigenvalue weighted by molar-refractivity contribution is 0.660. The average Bonchev–Trinajstić information content (AvgIpc) is 3.83. The highest BCUT2D eigenvalue weighted by atomic mass is 15.1. The van der Waals surface area contributed by atoms with Crippen LogP contribution in [0.2, 0.25) is 0 Å². The van der Waals surface area contributed by atoms with E-state index in [4.69, 9.17) is 0 Å². The number of nitrogens with zero attached hydrogens (tertiary/aromatic N) is 1. The smallest absolute Gasteiger partial charge is 0.0467 e. The average molecular weight is 808 g/mol. The van der Waals surface area contributed by atoms with Gasteiger partial charge in [-0.2, -0.15) is 0 Å². The summed E-state index contributed by atoms with van der Waals surface area (Å²) in [5, 5.41) is 0. The Morgan fingerprint density at radius 1 is 0.286 bits per heavy atom. The van der Waals surface area contributed by atoms with Gasteiger partial charge in [0, 0.05) is 33.3 Å². The van der Waals surface area contributed by atoms with E-state index in [2.05, 4.69) is 246 Å². The van der Waals surface area contributed by atoms with Crippen molar-refractivity contribution in [1.29, 1.82) is 0 Å². The van der Waals surface area contributed by atoms with E-state index in [9.17, 15) is 0 Å². The SMILES string of the molecule is CC1(C)c2ccccc2-c2ccc(-c3ccc(N(c4cccc(-c5cccc6c5C(C)(C)c5ccccc5-6)c4)c4ccc5c(c4)C(C)(c4ccccc4)c4ccccc4-5)cc3)cc21. The Hall–Kier alpha value is -7.22. The van der Waals surface area contributed by atoms with Gasteiger partial charge >= 0.3 is 0 Å². The van der Waals surface area contributed by atoms with Crippen molar-refractivity contribution in [3.8, 4) is 55.6 Å². The fraction of sp³-hybridized carbons (Fsp3) is 0.129. The van der Waals surface area contributed by atoms with Gasteiger partial charge in [0.1, 0.15) is 0 Å². The minimum atomic E-state index is -0.313. The molecule has 0 heterocycles. The van der Waals surface area contributed by atoms with Crippen molar-refractivity contribution >= 4 is 17.1 Å². The van der Waals surface area contributed by atoms with Gasteiger partial charge in [0.05, 0.1) is 0 Å². The molecule has 12 rings (SSSR count). The fourth-order valence-corrected chi connectivity index (χ4v) is 11.7. The second kappa shape index (κ2) is 13.6. The predicted octanol–water partition coefficient (Wildman–Crippen LogP) is 16.4. The molecule has 63 heavy (non-hydrogen) atoms. The Bertz CT molecular complexity index is 3290. The van der Waals surface area contributed by atoms with Gasteiger partial charge in [-0.05, 0) is 144 Å². The second-order valence-electron chi connectivity index (χ2n) is 19.0. The number of fused-ring (bicyclic) bond motifs is 9. The van der Waals surface area contributed by atoms with Crippen LogP contribution in [0, 0.1) is 0 Å².